The van der Waals surface area contributed by atoms with Crippen LogP contribution in [-0.4, -0.2) is 65.6 Å². The van der Waals surface area contributed by atoms with Crippen LogP contribution in [0.25, 0.3) is 11.1 Å². The summed E-state index contributed by atoms with van der Waals surface area (Å²) >= 11 is 0. The summed E-state index contributed by atoms with van der Waals surface area (Å²) in [5.74, 6) is 2.12. The Balaban J connectivity index is 1.12. The molecule has 7 heteroatoms. The van der Waals surface area contributed by atoms with E-state index in [4.69, 9.17) is 4.99 Å². The number of benzene rings is 2. The van der Waals surface area contributed by atoms with E-state index in [-0.39, 0.29) is 29.6 Å². The van der Waals surface area contributed by atoms with Crippen LogP contribution >= 0.6 is 0 Å². The van der Waals surface area contributed by atoms with Crippen molar-refractivity contribution in [3.8, 4) is 11.1 Å². The Bertz CT molecular complexity index is 1400. The van der Waals surface area contributed by atoms with Crippen LogP contribution in [0, 0.1) is 24.7 Å². The Morgan fingerprint density at radius 2 is 1.74 bits per heavy atom. The summed E-state index contributed by atoms with van der Waals surface area (Å²) in [4.78, 5) is 49.4. The topological polar surface area (TPSA) is 73.3 Å². The minimum absolute atomic E-state index is 0.129. The lowest BCUT2D eigenvalue weighted by atomic mass is 9.98. The lowest BCUT2D eigenvalue weighted by Crippen LogP contribution is -2.41. The SMILES string of the molecule is Cc1cc(-c2cccc(N(C)C(=O)C3CC3)c2)ccc1C1=NC2(CC2)C(=O)N1C[C@@H]1CCN(C(=O)C2CC2)C1. The van der Waals surface area contributed by atoms with Gasteiger partial charge in [-0.15, -0.1) is 0 Å². The number of amides is 3. The molecule has 1 spiro atoms. The van der Waals surface area contributed by atoms with Gasteiger partial charge in [0.25, 0.3) is 5.91 Å². The van der Waals surface area contributed by atoms with Crippen LogP contribution < -0.4 is 4.90 Å². The molecule has 7 rings (SSSR count). The number of likely N-dealkylation sites (tertiary alicyclic amines) is 1. The number of aliphatic imine (C=N–C) groups is 1. The van der Waals surface area contributed by atoms with Crippen molar-refractivity contribution in [2.24, 2.45) is 22.7 Å². The first-order valence-electron chi connectivity index (χ1n) is 14.5. The Hall–Kier alpha value is -3.48. The standard InChI is InChI=1S/C32H36N4O3/c1-20-16-25(24-4-3-5-26(17-24)34(2)29(37)22-6-7-22)10-11-27(20)28-33-32(13-14-32)31(39)36(28)19-21-12-15-35(18-21)30(38)23-8-9-23/h3-5,10-11,16-17,21-23H,6-9,12-15,18-19H2,1-2H3/t21-/m1/s1. The summed E-state index contributed by atoms with van der Waals surface area (Å²) < 4.78 is 0. The van der Waals surface area contributed by atoms with Gasteiger partial charge in [-0.25, -0.2) is 0 Å². The summed E-state index contributed by atoms with van der Waals surface area (Å²) in [7, 11) is 1.86. The van der Waals surface area contributed by atoms with E-state index in [0.29, 0.717) is 12.5 Å². The molecule has 3 amide bonds. The van der Waals surface area contributed by atoms with Crippen molar-refractivity contribution >= 4 is 29.2 Å². The van der Waals surface area contributed by atoms with Crippen LogP contribution in [0.5, 0.6) is 0 Å². The second-order valence-corrected chi connectivity index (χ2v) is 12.3. The predicted molar refractivity (Wildman–Crippen MR) is 150 cm³/mol. The van der Waals surface area contributed by atoms with E-state index in [0.717, 1.165) is 91.8 Å². The number of carbonyl (C=O) groups excluding carboxylic acids is 3. The monoisotopic (exact) mass is 524 g/mol. The van der Waals surface area contributed by atoms with E-state index in [1.54, 1.807) is 4.90 Å². The number of aryl methyl sites for hydroxylation is 1. The molecule has 0 aromatic heterocycles. The van der Waals surface area contributed by atoms with Gasteiger partial charge in [-0.1, -0.05) is 30.3 Å². The molecule has 5 aliphatic rings. The molecule has 39 heavy (non-hydrogen) atoms. The van der Waals surface area contributed by atoms with Gasteiger partial charge in [0.2, 0.25) is 11.8 Å². The summed E-state index contributed by atoms with van der Waals surface area (Å²) in [5.41, 5.74) is 4.56. The molecule has 202 valence electrons. The number of amidine groups is 1. The van der Waals surface area contributed by atoms with Crippen LogP contribution in [0.1, 0.15) is 56.1 Å². The number of rotatable bonds is 7. The highest BCUT2D eigenvalue weighted by Crippen LogP contribution is 2.46. The lowest BCUT2D eigenvalue weighted by Gasteiger charge is -2.24. The molecular formula is C32H36N4O3. The Morgan fingerprint density at radius 1 is 1.00 bits per heavy atom. The van der Waals surface area contributed by atoms with Crippen molar-refractivity contribution in [1.29, 1.82) is 0 Å². The van der Waals surface area contributed by atoms with Gasteiger partial charge in [0.05, 0.1) is 0 Å². The maximum Gasteiger partial charge on any atom is 0.256 e. The third-order valence-electron chi connectivity index (χ3n) is 9.20. The molecule has 0 unspecified atom stereocenters. The highest BCUT2D eigenvalue weighted by molar-refractivity contribution is 6.17. The number of carbonyl (C=O) groups is 3. The quantitative estimate of drug-likeness (QED) is 0.539. The molecule has 0 N–H and O–H groups in total. The van der Waals surface area contributed by atoms with Crippen LogP contribution in [0.15, 0.2) is 47.5 Å². The van der Waals surface area contributed by atoms with Gasteiger partial charge >= 0.3 is 0 Å². The van der Waals surface area contributed by atoms with E-state index < -0.39 is 5.54 Å². The first kappa shape index (κ1) is 24.6. The molecule has 2 aliphatic heterocycles. The van der Waals surface area contributed by atoms with Gasteiger partial charge in [-0.2, -0.15) is 0 Å². The number of nitrogens with zero attached hydrogens (tertiary/aromatic N) is 4. The fourth-order valence-electron chi connectivity index (χ4n) is 6.23. The fourth-order valence-corrected chi connectivity index (χ4v) is 6.23. The average molecular weight is 525 g/mol. The fraction of sp³-hybridized carbons (Fsp3) is 0.500. The van der Waals surface area contributed by atoms with E-state index in [1.807, 2.05) is 29.0 Å². The minimum Gasteiger partial charge on any atom is -0.342 e. The smallest absolute Gasteiger partial charge is 0.256 e. The molecule has 7 nitrogen and oxygen atoms in total. The predicted octanol–water partition coefficient (Wildman–Crippen LogP) is 4.41. The average Bonchev–Trinajstić information content (AvgIpc) is 3.83. The van der Waals surface area contributed by atoms with Gasteiger partial charge in [-0.3, -0.25) is 24.3 Å². The van der Waals surface area contributed by atoms with Gasteiger partial charge < -0.3 is 9.80 Å². The second-order valence-electron chi connectivity index (χ2n) is 12.3. The molecule has 0 bridgehead atoms. The molecule has 0 radical (unpaired) electrons. The first-order valence-corrected chi connectivity index (χ1v) is 14.5. The third kappa shape index (κ3) is 4.46. The van der Waals surface area contributed by atoms with Crippen LogP contribution in [0.2, 0.25) is 0 Å². The minimum atomic E-state index is -0.560. The second kappa shape index (κ2) is 9.04. The molecule has 2 heterocycles. The molecule has 1 atom stereocenters. The molecule has 2 aromatic carbocycles. The number of hydrogen-bond acceptors (Lipinski definition) is 4. The van der Waals surface area contributed by atoms with Crippen LogP contribution in [0.4, 0.5) is 5.69 Å². The van der Waals surface area contributed by atoms with Gasteiger partial charge in [-0.05, 0) is 86.6 Å². The van der Waals surface area contributed by atoms with Crippen molar-refractivity contribution < 1.29 is 14.4 Å². The maximum absolute atomic E-state index is 13.5. The normalized spacial score (nSPS) is 23.4. The highest BCUT2D eigenvalue weighted by Gasteiger charge is 2.57. The molecule has 3 aliphatic carbocycles. The zero-order chi connectivity index (χ0) is 26.9. The summed E-state index contributed by atoms with van der Waals surface area (Å²) in [6.07, 6.45) is 6.61. The van der Waals surface area contributed by atoms with E-state index in [9.17, 15) is 14.4 Å². The van der Waals surface area contributed by atoms with Gasteiger partial charge in [0.15, 0.2) is 0 Å². The Morgan fingerprint density at radius 3 is 2.44 bits per heavy atom. The summed E-state index contributed by atoms with van der Waals surface area (Å²) in [6, 6.07) is 14.5. The Kier molecular flexibility index (Phi) is 5.69. The molecule has 4 fully saturated rings. The van der Waals surface area contributed by atoms with Gasteiger partial charge in [0.1, 0.15) is 11.4 Å². The highest BCUT2D eigenvalue weighted by atomic mass is 16.2. The van der Waals surface area contributed by atoms with Crippen molar-refractivity contribution in [3.05, 3.63) is 53.6 Å². The third-order valence-corrected chi connectivity index (χ3v) is 9.20. The van der Waals surface area contributed by atoms with E-state index >= 15 is 0 Å². The Labute approximate surface area is 229 Å². The number of anilines is 1. The molecule has 1 saturated heterocycles. The van der Waals surface area contributed by atoms with Crippen molar-refractivity contribution in [3.63, 3.8) is 0 Å². The van der Waals surface area contributed by atoms with Crippen LogP contribution in [0.3, 0.4) is 0 Å². The lowest BCUT2D eigenvalue weighted by molar-refractivity contribution is -0.131. The number of hydrogen-bond donors (Lipinski definition) is 0. The van der Waals surface area contributed by atoms with Crippen molar-refractivity contribution in [1.82, 2.24) is 9.80 Å². The zero-order valence-corrected chi connectivity index (χ0v) is 22.9. The largest absolute Gasteiger partial charge is 0.342 e. The molecule has 3 saturated carbocycles. The van der Waals surface area contributed by atoms with Crippen molar-refractivity contribution in [2.75, 3.05) is 31.6 Å². The molecule has 2 aromatic rings. The van der Waals surface area contributed by atoms with E-state index in [1.165, 1.54) is 0 Å². The zero-order valence-electron chi connectivity index (χ0n) is 22.9. The van der Waals surface area contributed by atoms with Crippen LogP contribution in [-0.2, 0) is 14.4 Å². The van der Waals surface area contributed by atoms with E-state index in [2.05, 4.69) is 37.3 Å². The van der Waals surface area contributed by atoms with Crippen molar-refractivity contribution in [2.45, 2.75) is 57.4 Å². The summed E-state index contributed by atoms with van der Waals surface area (Å²) in [5, 5.41) is 0. The molecular weight excluding hydrogens is 488 g/mol. The maximum atomic E-state index is 13.5. The van der Waals surface area contributed by atoms with Gasteiger partial charge in [0, 0.05) is 49.8 Å². The summed E-state index contributed by atoms with van der Waals surface area (Å²) in [6.45, 7) is 4.25. The first-order chi connectivity index (χ1) is 18.8.